The Morgan fingerprint density at radius 2 is 2.21 bits per heavy atom. The summed E-state index contributed by atoms with van der Waals surface area (Å²) in [4.78, 5) is 2.32. The number of hydrogen-bond donors (Lipinski definition) is 1. The predicted molar refractivity (Wildman–Crippen MR) is 77.8 cm³/mol. The number of halogens is 2. The standard InChI is InChI=1S/C15H22ClFN2/c1-10-5-4-8-19(11(10)2)14(9-18)12-6-3-7-13(16)15(12)17/h3,6-7,10-11,14H,4-5,8-9,18H2,1-2H3. The van der Waals surface area contributed by atoms with E-state index in [-0.39, 0.29) is 16.9 Å². The second-order valence-corrected chi connectivity index (χ2v) is 5.90. The molecule has 19 heavy (non-hydrogen) atoms. The van der Waals surface area contributed by atoms with Gasteiger partial charge in [-0.25, -0.2) is 4.39 Å². The van der Waals surface area contributed by atoms with Crippen LogP contribution in [0, 0.1) is 11.7 Å². The Hall–Kier alpha value is -0.640. The van der Waals surface area contributed by atoms with Crippen LogP contribution in [0.3, 0.4) is 0 Å². The normalized spacial score (nSPS) is 26.4. The van der Waals surface area contributed by atoms with Gasteiger partial charge in [0.15, 0.2) is 0 Å². The molecular weight excluding hydrogens is 263 g/mol. The predicted octanol–water partition coefficient (Wildman–Crippen LogP) is 3.60. The number of hydrogen-bond acceptors (Lipinski definition) is 2. The number of piperidine rings is 1. The number of nitrogens with two attached hydrogens (primary N) is 1. The fourth-order valence-electron chi connectivity index (χ4n) is 3.03. The first-order chi connectivity index (χ1) is 9.06. The minimum absolute atomic E-state index is 0.0866. The largest absolute Gasteiger partial charge is 0.329 e. The van der Waals surface area contributed by atoms with Crippen LogP contribution in [0.4, 0.5) is 4.39 Å². The van der Waals surface area contributed by atoms with Crippen LogP contribution >= 0.6 is 11.6 Å². The van der Waals surface area contributed by atoms with Crippen LogP contribution < -0.4 is 5.73 Å². The molecule has 4 heteroatoms. The van der Waals surface area contributed by atoms with Crippen molar-refractivity contribution < 1.29 is 4.39 Å². The summed E-state index contributed by atoms with van der Waals surface area (Å²) in [6, 6.07) is 5.50. The van der Waals surface area contributed by atoms with E-state index in [2.05, 4.69) is 18.7 Å². The van der Waals surface area contributed by atoms with Crippen LogP contribution in [-0.4, -0.2) is 24.0 Å². The van der Waals surface area contributed by atoms with Gasteiger partial charge in [-0.3, -0.25) is 4.90 Å². The number of likely N-dealkylation sites (tertiary alicyclic amines) is 1. The lowest BCUT2D eigenvalue weighted by atomic mass is 9.89. The number of benzene rings is 1. The molecule has 2 nitrogen and oxygen atoms in total. The molecule has 0 aromatic heterocycles. The zero-order valence-electron chi connectivity index (χ0n) is 11.6. The molecule has 2 N–H and O–H groups in total. The SMILES string of the molecule is CC1CCCN(C(CN)c2cccc(Cl)c2F)C1C. The molecule has 0 radical (unpaired) electrons. The first-order valence-corrected chi connectivity index (χ1v) is 7.33. The molecule has 3 atom stereocenters. The Kier molecular flexibility index (Phi) is 4.82. The van der Waals surface area contributed by atoms with Crippen LogP contribution in [0.5, 0.6) is 0 Å². The third-order valence-corrected chi connectivity index (χ3v) is 4.68. The van der Waals surface area contributed by atoms with Crippen molar-refractivity contribution in [3.05, 3.63) is 34.6 Å². The van der Waals surface area contributed by atoms with E-state index in [1.807, 2.05) is 0 Å². The molecule has 0 spiro atoms. The molecule has 2 rings (SSSR count). The number of nitrogens with zero attached hydrogens (tertiary/aromatic N) is 1. The minimum atomic E-state index is -0.329. The maximum absolute atomic E-state index is 14.2. The summed E-state index contributed by atoms with van der Waals surface area (Å²) in [5.74, 6) is 0.287. The quantitative estimate of drug-likeness (QED) is 0.919. The summed E-state index contributed by atoms with van der Waals surface area (Å²) in [6.45, 7) is 5.83. The van der Waals surface area contributed by atoms with E-state index >= 15 is 0 Å². The summed E-state index contributed by atoms with van der Waals surface area (Å²) in [5, 5.41) is 0.175. The highest BCUT2D eigenvalue weighted by Crippen LogP contribution is 2.33. The Balaban J connectivity index is 2.31. The summed E-state index contributed by atoms with van der Waals surface area (Å²) in [7, 11) is 0. The van der Waals surface area contributed by atoms with Gasteiger partial charge in [0.2, 0.25) is 0 Å². The molecule has 106 valence electrons. The van der Waals surface area contributed by atoms with Gasteiger partial charge in [-0.05, 0) is 38.3 Å². The molecule has 0 bridgehead atoms. The van der Waals surface area contributed by atoms with Gasteiger partial charge in [0.25, 0.3) is 0 Å². The lowest BCUT2D eigenvalue weighted by Crippen LogP contribution is -2.46. The van der Waals surface area contributed by atoms with Crippen LogP contribution in [0.1, 0.15) is 38.3 Å². The van der Waals surface area contributed by atoms with Gasteiger partial charge >= 0.3 is 0 Å². The molecule has 0 aliphatic carbocycles. The second kappa shape index (κ2) is 6.21. The summed E-state index contributed by atoms with van der Waals surface area (Å²) in [6.07, 6.45) is 2.37. The van der Waals surface area contributed by atoms with Gasteiger partial charge in [0.05, 0.1) is 11.1 Å². The monoisotopic (exact) mass is 284 g/mol. The molecule has 1 aliphatic rings. The molecule has 1 aliphatic heterocycles. The third-order valence-electron chi connectivity index (χ3n) is 4.39. The van der Waals surface area contributed by atoms with Gasteiger partial charge in [-0.1, -0.05) is 30.7 Å². The van der Waals surface area contributed by atoms with E-state index in [9.17, 15) is 4.39 Å². The third kappa shape index (κ3) is 2.93. The topological polar surface area (TPSA) is 29.3 Å². The van der Waals surface area contributed by atoms with E-state index in [4.69, 9.17) is 17.3 Å². The smallest absolute Gasteiger partial charge is 0.146 e. The van der Waals surface area contributed by atoms with Crippen molar-refractivity contribution in [3.8, 4) is 0 Å². The van der Waals surface area contributed by atoms with E-state index in [1.165, 1.54) is 6.42 Å². The first-order valence-electron chi connectivity index (χ1n) is 6.96. The van der Waals surface area contributed by atoms with Crippen molar-refractivity contribution in [3.63, 3.8) is 0 Å². The van der Waals surface area contributed by atoms with E-state index in [0.717, 1.165) is 13.0 Å². The highest BCUT2D eigenvalue weighted by atomic mass is 35.5. The highest BCUT2D eigenvalue weighted by molar-refractivity contribution is 6.30. The minimum Gasteiger partial charge on any atom is -0.329 e. The fraction of sp³-hybridized carbons (Fsp3) is 0.600. The van der Waals surface area contributed by atoms with E-state index in [1.54, 1.807) is 18.2 Å². The fourth-order valence-corrected chi connectivity index (χ4v) is 3.21. The first kappa shape index (κ1) is 14.8. The lowest BCUT2D eigenvalue weighted by Gasteiger charge is -2.42. The van der Waals surface area contributed by atoms with Crippen molar-refractivity contribution in [2.75, 3.05) is 13.1 Å². The van der Waals surface area contributed by atoms with Crippen LogP contribution in [-0.2, 0) is 0 Å². The van der Waals surface area contributed by atoms with Crippen LogP contribution in [0.2, 0.25) is 5.02 Å². The van der Waals surface area contributed by atoms with Crippen molar-refractivity contribution in [1.29, 1.82) is 0 Å². The Morgan fingerprint density at radius 3 is 2.89 bits per heavy atom. The zero-order chi connectivity index (χ0) is 14.0. The molecule has 1 heterocycles. The number of rotatable bonds is 3. The summed E-state index contributed by atoms with van der Waals surface area (Å²) < 4.78 is 14.2. The maximum Gasteiger partial charge on any atom is 0.146 e. The van der Waals surface area contributed by atoms with E-state index < -0.39 is 0 Å². The van der Waals surface area contributed by atoms with Crippen molar-refractivity contribution in [2.24, 2.45) is 11.7 Å². The van der Waals surface area contributed by atoms with Gasteiger partial charge < -0.3 is 5.73 Å². The van der Waals surface area contributed by atoms with Crippen LogP contribution in [0.15, 0.2) is 18.2 Å². The van der Waals surface area contributed by atoms with Crippen molar-refractivity contribution in [2.45, 2.75) is 38.8 Å². The molecule has 1 fully saturated rings. The maximum atomic E-state index is 14.2. The summed E-state index contributed by atoms with van der Waals surface area (Å²) in [5.41, 5.74) is 6.53. The average Bonchev–Trinajstić information content (AvgIpc) is 2.40. The van der Waals surface area contributed by atoms with Gasteiger partial charge in [0, 0.05) is 18.2 Å². The molecule has 1 saturated heterocycles. The van der Waals surface area contributed by atoms with Crippen molar-refractivity contribution in [1.82, 2.24) is 4.90 Å². The highest BCUT2D eigenvalue weighted by Gasteiger charge is 2.31. The summed E-state index contributed by atoms with van der Waals surface area (Å²) >= 11 is 5.88. The Morgan fingerprint density at radius 1 is 1.47 bits per heavy atom. The Bertz CT molecular complexity index is 438. The van der Waals surface area contributed by atoms with Crippen LogP contribution in [0.25, 0.3) is 0 Å². The zero-order valence-corrected chi connectivity index (χ0v) is 12.3. The average molecular weight is 285 g/mol. The lowest BCUT2D eigenvalue weighted by molar-refractivity contribution is 0.0694. The second-order valence-electron chi connectivity index (χ2n) is 5.49. The van der Waals surface area contributed by atoms with Gasteiger partial charge in [-0.15, -0.1) is 0 Å². The molecule has 1 aromatic carbocycles. The van der Waals surface area contributed by atoms with Gasteiger partial charge in [-0.2, -0.15) is 0 Å². The molecule has 0 saturated carbocycles. The molecule has 0 amide bonds. The molecule has 1 aromatic rings. The van der Waals surface area contributed by atoms with Crippen molar-refractivity contribution >= 4 is 11.6 Å². The van der Waals surface area contributed by atoms with E-state index in [0.29, 0.717) is 24.1 Å². The molecular formula is C15H22ClFN2. The Labute approximate surface area is 119 Å². The molecule has 3 unspecified atom stereocenters. The van der Waals surface area contributed by atoms with Gasteiger partial charge in [0.1, 0.15) is 5.82 Å².